The molecule has 0 amide bonds. The maximum absolute atomic E-state index is 10.8. The normalized spacial score (nSPS) is 11.6. The lowest BCUT2D eigenvalue weighted by Crippen LogP contribution is -2.21. The van der Waals surface area contributed by atoms with Crippen molar-refractivity contribution in [3.8, 4) is 0 Å². The largest absolute Gasteiger partial charge is 0.299 e. The summed E-state index contributed by atoms with van der Waals surface area (Å²) in [7, 11) is 0. The van der Waals surface area contributed by atoms with Gasteiger partial charge in [0.2, 0.25) is 0 Å². The number of Topliss-reactive ketones (excluding diaryl/α,β-unsaturated/α-hetero) is 1. The zero-order valence-electron chi connectivity index (χ0n) is 6.20. The minimum Gasteiger partial charge on any atom is -0.299 e. The van der Waals surface area contributed by atoms with Gasteiger partial charge in [0.15, 0.2) is 0 Å². The average molecular weight is 149 g/mol. The SMILES string of the molecule is CC(=O)C(C)(C)CCCl. The molecule has 0 saturated heterocycles. The standard InChI is InChI=1S/C7H13ClO/c1-6(9)7(2,3)4-5-8/h4-5H2,1-3H3. The Hall–Kier alpha value is -0.0400. The van der Waals surface area contributed by atoms with E-state index in [1.54, 1.807) is 6.92 Å². The third-order valence-electron chi connectivity index (χ3n) is 1.67. The van der Waals surface area contributed by atoms with Gasteiger partial charge < -0.3 is 0 Å². The van der Waals surface area contributed by atoms with E-state index in [4.69, 9.17) is 11.6 Å². The zero-order valence-corrected chi connectivity index (χ0v) is 6.96. The first-order chi connectivity index (χ1) is 4.00. The van der Waals surface area contributed by atoms with Crippen molar-refractivity contribution < 1.29 is 4.79 Å². The Bertz CT molecular complexity index is 107. The third-order valence-corrected chi connectivity index (χ3v) is 1.86. The molecule has 0 unspecified atom stereocenters. The van der Waals surface area contributed by atoms with Gasteiger partial charge in [-0.05, 0) is 13.3 Å². The Kier molecular flexibility index (Phi) is 3.20. The molecule has 0 rings (SSSR count). The second kappa shape index (κ2) is 3.21. The second-order valence-corrected chi connectivity index (χ2v) is 3.26. The maximum Gasteiger partial charge on any atom is 0.135 e. The molecule has 1 nitrogen and oxygen atoms in total. The fraction of sp³-hybridized carbons (Fsp3) is 0.857. The summed E-state index contributed by atoms with van der Waals surface area (Å²) in [4.78, 5) is 10.8. The van der Waals surface area contributed by atoms with Crippen LogP contribution in [0.3, 0.4) is 0 Å². The van der Waals surface area contributed by atoms with Crippen LogP contribution in [0.25, 0.3) is 0 Å². The van der Waals surface area contributed by atoms with Crippen LogP contribution in [-0.4, -0.2) is 11.7 Å². The highest BCUT2D eigenvalue weighted by Gasteiger charge is 2.21. The van der Waals surface area contributed by atoms with Crippen LogP contribution in [-0.2, 0) is 4.79 Å². The Morgan fingerprint density at radius 2 is 2.00 bits per heavy atom. The number of ketones is 1. The minimum absolute atomic E-state index is 0.211. The molecule has 0 N–H and O–H groups in total. The molecule has 0 saturated carbocycles. The summed E-state index contributed by atoms with van der Waals surface area (Å²) in [6.45, 7) is 5.43. The fourth-order valence-electron chi connectivity index (χ4n) is 0.412. The molecule has 0 fully saturated rings. The van der Waals surface area contributed by atoms with E-state index in [2.05, 4.69) is 0 Å². The first-order valence-electron chi connectivity index (χ1n) is 3.07. The van der Waals surface area contributed by atoms with Crippen LogP contribution in [0.5, 0.6) is 0 Å². The molecule has 9 heavy (non-hydrogen) atoms. The summed E-state index contributed by atoms with van der Waals surface area (Å²) < 4.78 is 0. The van der Waals surface area contributed by atoms with E-state index in [1.165, 1.54) is 0 Å². The van der Waals surface area contributed by atoms with Crippen molar-refractivity contribution in [1.82, 2.24) is 0 Å². The van der Waals surface area contributed by atoms with Gasteiger partial charge in [-0.1, -0.05) is 13.8 Å². The summed E-state index contributed by atoms with van der Waals surface area (Å²) >= 11 is 5.48. The molecule has 0 aromatic rings. The van der Waals surface area contributed by atoms with Gasteiger partial charge in [0.25, 0.3) is 0 Å². The van der Waals surface area contributed by atoms with Gasteiger partial charge in [0.05, 0.1) is 0 Å². The predicted octanol–water partition coefficient (Wildman–Crippen LogP) is 2.23. The van der Waals surface area contributed by atoms with Crippen LogP contribution in [0, 0.1) is 5.41 Å². The van der Waals surface area contributed by atoms with E-state index in [-0.39, 0.29) is 11.2 Å². The second-order valence-electron chi connectivity index (χ2n) is 2.88. The summed E-state index contributed by atoms with van der Waals surface area (Å²) in [6, 6.07) is 0. The van der Waals surface area contributed by atoms with Gasteiger partial charge in [-0.25, -0.2) is 0 Å². The summed E-state index contributed by atoms with van der Waals surface area (Å²) in [5.41, 5.74) is -0.220. The van der Waals surface area contributed by atoms with Gasteiger partial charge >= 0.3 is 0 Å². The highest BCUT2D eigenvalue weighted by Crippen LogP contribution is 2.21. The summed E-state index contributed by atoms with van der Waals surface area (Å²) in [5.74, 6) is 0.773. The Morgan fingerprint density at radius 3 is 2.11 bits per heavy atom. The van der Waals surface area contributed by atoms with Crippen LogP contribution in [0.2, 0.25) is 0 Å². The molecule has 0 aliphatic rings. The molecule has 54 valence electrons. The molecule has 0 aliphatic heterocycles. The molecule has 2 heteroatoms. The fourth-order valence-corrected chi connectivity index (χ4v) is 0.885. The van der Waals surface area contributed by atoms with Crippen molar-refractivity contribution in [3.05, 3.63) is 0 Å². The molecular formula is C7H13ClO. The average Bonchev–Trinajstić information content (AvgIpc) is 1.65. The van der Waals surface area contributed by atoms with Crippen LogP contribution in [0.1, 0.15) is 27.2 Å². The van der Waals surface area contributed by atoms with Crippen LogP contribution < -0.4 is 0 Å². The monoisotopic (exact) mass is 148 g/mol. The first kappa shape index (κ1) is 8.96. The number of hydrogen-bond acceptors (Lipinski definition) is 1. The lowest BCUT2D eigenvalue weighted by molar-refractivity contribution is -0.124. The maximum atomic E-state index is 10.8. The van der Waals surface area contributed by atoms with E-state index >= 15 is 0 Å². The Balaban J connectivity index is 3.85. The lowest BCUT2D eigenvalue weighted by Gasteiger charge is -2.18. The van der Waals surface area contributed by atoms with Gasteiger partial charge in [0, 0.05) is 11.3 Å². The minimum atomic E-state index is -0.220. The quantitative estimate of drug-likeness (QED) is 0.561. The van der Waals surface area contributed by atoms with Gasteiger partial charge in [-0.15, -0.1) is 11.6 Å². The lowest BCUT2D eigenvalue weighted by atomic mass is 9.86. The number of hydrogen-bond donors (Lipinski definition) is 0. The molecule has 0 aromatic carbocycles. The highest BCUT2D eigenvalue weighted by molar-refractivity contribution is 6.18. The molecule has 0 bridgehead atoms. The first-order valence-corrected chi connectivity index (χ1v) is 3.61. The third kappa shape index (κ3) is 2.85. The van der Waals surface area contributed by atoms with E-state index in [0.717, 1.165) is 6.42 Å². The zero-order chi connectivity index (χ0) is 7.49. The molecular weight excluding hydrogens is 136 g/mol. The van der Waals surface area contributed by atoms with E-state index in [9.17, 15) is 4.79 Å². The Labute approximate surface area is 61.4 Å². The molecule has 0 radical (unpaired) electrons. The molecule has 0 heterocycles. The summed E-state index contributed by atoms with van der Waals surface area (Å²) in [5, 5.41) is 0. The van der Waals surface area contributed by atoms with Crippen molar-refractivity contribution >= 4 is 17.4 Å². The molecule has 0 aromatic heterocycles. The smallest absolute Gasteiger partial charge is 0.135 e. The van der Waals surface area contributed by atoms with Gasteiger partial charge in [-0.2, -0.15) is 0 Å². The van der Waals surface area contributed by atoms with Crippen LogP contribution in [0.4, 0.5) is 0 Å². The van der Waals surface area contributed by atoms with Crippen molar-refractivity contribution in [3.63, 3.8) is 0 Å². The Morgan fingerprint density at radius 1 is 1.56 bits per heavy atom. The number of halogens is 1. The highest BCUT2D eigenvalue weighted by atomic mass is 35.5. The topological polar surface area (TPSA) is 17.1 Å². The number of carbonyl (C=O) groups excluding carboxylic acids is 1. The van der Waals surface area contributed by atoms with E-state index < -0.39 is 0 Å². The van der Waals surface area contributed by atoms with Crippen molar-refractivity contribution in [2.24, 2.45) is 5.41 Å². The molecule has 0 spiro atoms. The molecule has 0 aliphatic carbocycles. The van der Waals surface area contributed by atoms with Crippen molar-refractivity contribution in [2.75, 3.05) is 5.88 Å². The van der Waals surface area contributed by atoms with Crippen LogP contribution >= 0.6 is 11.6 Å². The van der Waals surface area contributed by atoms with Gasteiger partial charge in [-0.3, -0.25) is 4.79 Å². The number of alkyl halides is 1. The van der Waals surface area contributed by atoms with Crippen molar-refractivity contribution in [1.29, 1.82) is 0 Å². The predicted molar refractivity (Wildman–Crippen MR) is 39.8 cm³/mol. The number of carbonyl (C=O) groups is 1. The van der Waals surface area contributed by atoms with Gasteiger partial charge in [0.1, 0.15) is 5.78 Å². The van der Waals surface area contributed by atoms with E-state index in [1.807, 2.05) is 13.8 Å². The number of rotatable bonds is 3. The summed E-state index contributed by atoms with van der Waals surface area (Å²) in [6.07, 6.45) is 0.768. The van der Waals surface area contributed by atoms with Crippen molar-refractivity contribution in [2.45, 2.75) is 27.2 Å². The molecule has 0 atom stereocenters. The van der Waals surface area contributed by atoms with Crippen LogP contribution in [0.15, 0.2) is 0 Å². The van der Waals surface area contributed by atoms with E-state index in [0.29, 0.717) is 5.88 Å².